The van der Waals surface area contributed by atoms with Crippen molar-refractivity contribution >= 4 is 5.96 Å². The summed E-state index contributed by atoms with van der Waals surface area (Å²) in [4.78, 5) is 10.9. The lowest BCUT2D eigenvalue weighted by atomic mass is 10.2. The first-order valence-electron chi connectivity index (χ1n) is 8.39. The summed E-state index contributed by atoms with van der Waals surface area (Å²) < 4.78 is 7.51. The molecule has 24 heavy (non-hydrogen) atoms. The van der Waals surface area contributed by atoms with E-state index in [1.807, 2.05) is 36.1 Å². The monoisotopic (exact) mass is 329 g/mol. The Morgan fingerprint density at radius 2 is 2.08 bits per heavy atom. The van der Waals surface area contributed by atoms with Crippen molar-refractivity contribution < 1.29 is 4.74 Å². The van der Waals surface area contributed by atoms with Gasteiger partial charge in [0.1, 0.15) is 5.75 Å². The van der Waals surface area contributed by atoms with Gasteiger partial charge >= 0.3 is 0 Å². The molecule has 1 aromatic heterocycles. The van der Waals surface area contributed by atoms with Crippen molar-refractivity contribution in [2.45, 2.75) is 26.9 Å². The highest BCUT2D eigenvalue weighted by molar-refractivity contribution is 5.79. The Morgan fingerprint density at radius 1 is 1.29 bits per heavy atom. The Hall–Kier alpha value is -2.50. The van der Waals surface area contributed by atoms with Gasteiger partial charge < -0.3 is 19.5 Å². The van der Waals surface area contributed by atoms with Crippen LogP contribution in [0.25, 0.3) is 0 Å². The van der Waals surface area contributed by atoms with Gasteiger partial charge in [0.05, 0.1) is 19.5 Å². The molecule has 2 rings (SSSR count). The van der Waals surface area contributed by atoms with Gasteiger partial charge in [0.25, 0.3) is 0 Å². The second-order valence-electron chi connectivity index (χ2n) is 5.47. The zero-order valence-corrected chi connectivity index (χ0v) is 14.8. The van der Waals surface area contributed by atoms with Gasteiger partial charge in [-0.05, 0) is 31.5 Å². The molecule has 130 valence electrons. The summed E-state index contributed by atoms with van der Waals surface area (Å²) in [5.74, 6) is 1.82. The first kappa shape index (κ1) is 17.8. The van der Waals surface area contributed by atoms with Crippen molar-refractivity contribution in [2.75, 3.05) is 26.7 Å². The molecule has 0 saturated carbocycles. The second-order valence-corrected chi connectivity index (χ2v) is 5.47. The van der Waals surface area contributed by atoms with Crippen LogP contribution in [0.4, 0.5) is 0 Å². The number of aliphatic imine (C=N–C) groups is 1. The fourth-order valence-electron chi connectivity index (χ4n) is 2.37. The van der Waals surface area contributed by atoms with Crippen molar-refractivity contribution in [3.8, 4) is 5.75 Å². The maximum Gasteiger partial charge on any atom is 0.194 e. The summed E-state index contributed by atoms with van der Waals surface area (Å²) in [7, 11) is 2.05. The van der Waals surface area contributed by atoms with Gasteiger partial charge in [0.2, 0.25) is 0 Å². The van der Waals surface area contributed by atoms with Crippen molar-refractivity contribution in [1.82, 2.24) is 19.8 Å². The van der Waals surface area contributed by atoms with E-state index in [0.29, 0.717) is 13.2 Å². The third-order valence-corrected chi connectivity index (χ3v) is 3.53. The summed E-state index contributed by atoms with van der Waals surface area (Å²) in [5.41, 5.74) is 1.22. The molecule has 0 spiro atoms. The third kappa shape index (κ3) is 5.61. The highest BCUT2D eigenvalue weighted by Crippen LogP contribution is 2.13. The predicted octanol–water partition coefficient (Wildman–Crippen LogP) is 2.38. The maximum atomic E-state index is 5.48. The number of ether oxygens (including phenoxy) is 1. The molecule has 0 radical (unpaired) electrons. The Balaban J connectivity index is 1.93. The predicted molar refractivity (Wildman–Crippen MR) is 97.3 cm³/mol. The average molecular weight is 329 g/mol. The van der Waals surface area contributed by atoms with E-state index in [2.05, 4.69) is 46.3 Å². The average Bonchev–Trinajstić information content (AvgIpc) is 3.09. The fourth-order valence-corrected chi connectivity index (χ4v) is 2.37. The number of aromatic nitrogens is 2. The second kappa shape index (κ2) is 9.60. The molecule has 0 atom stereocenters. The van der Waals surface area contributed by atoms with Gasteiger partial charge in [-0.3, -0.25) is 4.99 Å². The van der Waals surface area contributed by atoms with Crippen molar-refractivity contribution in [3.05, 3.63) is 48.5 Å². The summed E-state index contributed by atoms with van der Waals surface area (Å²) in [6.07, 6.45) is 5.55. The molecule has 0 amide bonds. The van der Waals surface area contributed by atoms with Crippen LogP contribution in [0, 0.1) is 0 Å². The van der Waals surface area contributed by atoms with Gasteiger partial charge in [-0.25, -0.2) is 4.98 Å². The summed E-state index contributed by atoms with van der Waals surface area (Å²) in [6, 6.07) is 8.21. The van der Waals surface area contributed by atoms with E-state index in [1.165, 1.54) is 5.56 Å². The molecule has 6 heteroatoms. The first-order valence-corrected chi connectivity index (χ1v) is 8.39. The van der Waals surface area contributed by atoms with Crippen LogP contribution in [0.2, 0.25) is 0 Å². The minimum absolute atomic E-state index is 0.688. The molecule has 0 aliphatic rings. The van der Waals surface area contributed by atoms with Crippen LogP contribution in [0.1, 0.15) is 19.4 Å². The summed E-state index contributed by atoms with van der Waals surface area (Å²) >= 11 is 0. The molecule has 0 saturated heterocycles. The zero-order chi connectivity index (χ0) is 17.2. The number of nitrogens with one attached hydrogen (secondary N) is 1. The third-order valence-electron chi connectivity index (χ3n) is 3.53. The number of guanidine groups is 1. The van der Waals surface area contributed by atoms with Crippen molar-refractivity contribution in [1.29, 1.82) is 0 Å². The lowest BCUT2D eigenvalue weighted by Gasteiger charge is -2.22. The maximum absolute atomic E-state index is 5.48. The summed E-state index contributed by atoms with van der Waals surface area (Å²) in [5, 5.41) is 3.34. The molecule has 1 heterocycles. The molecule has 0 unspecified atom stereocenters. The Bertz CT molecular complexity index is 607. The Morgan fingerprint density at radius 3 is 2.71 bits per heavy atom. The Labute approximate surface area is 144 Å². The van der Waals surface area contributed by atoms with E-state index >= 15 is 0 Å². The SMILES string of the molecule is CCNC(=NCCn1ccnc1)N(C)Cc1ccc(OCC)cc1. The lowest BCUT2D eigenvalue weighted by molar-refractivity contribution is 0.340. The number of hydrogen-bond donors (Lipinski definition) is 1. The number of benzene rings is 1. The van der Waals surface area contributed by atoms with Crippen LogP contribution < -0.4 is 10.1 Å². The number of nitrogens with zero attached hydrogens (tertiary/aromatic N) is 4. The van der Waals surface area contributed by atoms with Gasteiger partial charge in [-0.2, -0.15) is 0 Å². The van der Waals surface area contributed by atoms with Crippen LogP contribution in [0.5, 0.6) is 5.75 Å². The van der Waals surface area contributed by atoms with Crippen molar-refractivity contribution in [2.24, 2.45) is 4.99 Å². The summed E-state index contributed by atoms with van der Waals surface area (Å²) in [6.45, 7) is 7.94. The van der Waals surface area contributed by atoms with Gasteiger partial charge in [0.15, 0.2) is 5.96 Å². The molecule has 0 aliphatic heterocycles. The number of imidazole rings is 1. The van der Waals surface area contributed by atoms with Gasteiger partial charge in [-0.15, -0.1) is 0 Å². The smallest absolute Gasteiger partial charge is 0.194 e. The van der Waals surface area contributed by atoms with Crippen LogP contribution in [-0.2, 0) is 13.1 Å². The van der Waals surface area contributed by atoms with Crippen LogP contribution >= 0.6 is 0 Å². The Kier molecular flexibility index (Phi) is 7.14. The van der Waals surface area contributed by atoms with E-state index in [-0.39, 0.29) is 0 Å². The van der Waals surface area contributed by atoms with E-state index in [9.17, 15) is 0 Å². The van der Waals surface area contributed by atoms with E-state index in [1.54, 1.807) is 6.20 Å². The minimum atomic E-state index is 0.688. The normalized spacial score (nSPS) is 11.4. The van der Waals surface area contributed by atoms with E-state index < -0.39 is 0 Å². The molecule has 0 aliphatic carbocycles. The molecule has 0 bridgehead atoms. The molecule has 6 nitrogen and oxygen atoms in total. The van der Waals surface area contributed by atoms with E-state index in [4.69, 9.17) is 4.74 Å². The van der Waals surface area contributed by atoms with Gasteiger partial charge in [-0.1, -0.05) is 12.1 Å². The molecule has 2 aromatic rings. The highest BCUT2D eigenvalue weighted by atomic mass is 16.5. The van der Waals surface area contributed by atoms with Crippen LogP contribution in [0.3, 0.4) is 0 Å². The molecular weight excluding hydrogens is 302 g/mol. The topological polar surface area (TPSA) is 54.7 Å². The van der Waals surface area contributed by atoms with Crippen LogP contribution in [-0.4, -0.2) is 47.2 Å². The zero-order valence-electron chi connectivity index (χ0n) is 14.8. The molecule has 1 N–H and O–H groups in total. The molecule has 0 fully saturated rings. The minimum Gasteiger partial charge on any atom is -0.494 e. The fraction of sp³-hybridized carbons (Fsp3) is 0.444. The molecular formula is C18H27N5O. The highest BCUT2D eigenvalue weighted by Gasteiger charge is 2.06. The lowest BCUT2D eigenvalue weighted by Crippen LogP contribution is -2.38. The largest absolute Gasteiger partial charge is 0.494 e. The van der Waals surface area contributed by atoms with E-state index in [0.717, 1.165) is 31.3 Å². The van der Waals surface area contributed by atoms with Crippen molar-refractivity contribution in [3.63, 3.8) is 0 Å². The van der Waals surface area contributed by atoms with Crippen LogP contribution in [0.15, 0.2) is 48.0 Å². The quantitative estimate of drug-likeness (QED) is 0.597. The van der Waals surface area contributed by atoms with Gasteiger partial charge in [0, 0.05) is 39.1 Å². The number of rotatable bonds is 8. The first-order chi connectivity index (χ1) is 11.7. The number of hydrogen-bond acceptors (Lipinski definition) is 3. The molecule has 1 aromatic carbocycles. The standard InChI is InChI=1S/C18H27N5O/c1-4-20-18(21-11-13-23-12-10-19-15-23)22(3)14-16-6-8-17(9-7-16)24-5-2/h6-10,12,15H,4-5,11,13-14H2,1-3H3,(H,20,21).